The summed E-state index contributed by atoms with van der Waals surface area (Å²) in [7, 11) is 3.91. The molecule has 1 aromatic heterocycles. The van der Waals surface area contributed by atoms with Gasteiger partial charge >= 0.3 is 0 Å². The van der Waals surface area contributed by atoms with E-state index in [2.05, 4.69) is 48.4 Å². The molecule has 2 aromatic rings. The van der Waals surface area contributed by atoms with Crippen LogP contribution in [0.4, 0.5) is 5.82 Å². The molecule has 1 amide bonds. The molecule has 0 saturated heterocycles. The summed E-state index contributed by atoms with van der Waals surface area (Å²) in [6, 6.07) is 12.4. The normalized spacial score (nSPS) is 10.7. The van der Waals surface area contributed by atoms with Gasteiger partial charge < -0.3 is 10.2 Å². The number of carbonyl (C=O) groups is 1. The fraction of sp³-hybridized carbons (Fsp3) is 0.368. The van der Waals surface area contributed by atoms with Crippen molar-refractivity contribution in [3.63, 3.8) is 0 Å². The Morgan fingerprint density at radius 3 is 2.42 bits per heavy atom. The molecule has 4 nitrogen and oxygen atoms in total. The van der Waals surface area contributed by atoms with Crippen molar-refractivity contribution in [1.29, 1.82) is 0 Å². The Balaban J connectivity index is 1.76. The lowest BCUT2D eigenvalue weighted by atomic mass is 10.0. The maximum atomic E-state index is 12.0. The number of nitrogens with zero attached hydrogens (tertiary/aromatic N) is 2. The van der Waals surface area contributed by atoms with Gasteiger partial charge in [0.05, 0.1) is 5.75 Å². The molecule has 128 valence electrons. The van der Waals surface area contributed by atoms with Crippen molar-refractivity contribution in [3.8, 4) is 0 Å². The van der Waals surface area contributed by atoms with Crippen molar-refractivity contribution in [2.45, 2.75) is 31.2 Å². The van der Waals surface area contributed by atoms with Crippen LogP contribution < -0.4 is 10.2 Å². The van der Waals surface area contributed by atoms with Crippen LogP contribution >= 0.6 is 11.8 Å². The third-order valence-electron chi connectivity index (χ3n) is 3.67. The summed E-state index contributed by atoms with van der Waals surface area (Å²) in [4.78, 5) is 19.4. The Hall–Kier alpha value is -2.01. The first-order chi connectivity index (χ1) is 11.5. The van der Waals surface area contributed by atoms with Crippen LogP contribution in [0.2, 0.25) is 0 Å². The van der Waals surface area contributed by atoms with Gasteiger partial charge in [0.1, 0.15) is 5.82 Å². The second kappa shape index (κ2) is 8.73. The van der Waals surface area contributed by atoms with E-state index in [0.29, 0.717) is 18.2 Å². The second-order valence-electron chi connectivity index (χ2n) is 6.21. The largest absolute Gasteiger partial charge is 0.363 e. The summed E-state index contributed by atoms with van der Waals surface area (Å²) in [5.41, 5.74) is 2.32. The zero-order valence-corrected chi connectivity index (χ0v) is 15.6. The molecule has 0 unspecified atom stereocenters. The van der Waals surface area contributed by atoms with Crippen LogP contribution in [-0.2, 0) is 11.3 Å². The number of nitrogens with one attached hydrogen (secondary N) is 1. The van der Waals surface area contributed by atoms with Gasteiger partial charge in [-0.2, -0.15) is 0 Å². The van der Waals surface area contributed by atoms with Gasteiger partial charge in [-0.05, 0) is 35.2 Å². The van der Waals surface area contributed by atoms with E-state index in [9.17, 15) is 4.79 Å². The number of hydrogen-bond donors (Lipinski definition) is 1. The van der Waals surface area contributed by atoms with Crippen LogP contribution in [0.1, 0.15) is 30.9 Å². The summed E-state index contributed by atoms with van der Waals surface area (Å²) in [6.45, 7) is 4.86. The predicted octanol–water partition coefficient (Wildman–Crippen LogP) is 3.68. The number of benzene rings is 1. The smallest absolute Gasteiger partial charge is 0.230 e. The van der Waals surface area contributed by atoms with Crippen molar-refractivity contribution in [2.75, 3.05) is 24.7 Å². The van der Waals surface area contributed by atoms with Gasteiger partial charge in [0.2, 0.25) is 5.91 Å². The topological polar surface area (TPSA) is 45.2 Å². The highest BCUT2D eigenvalue weighted by Gasteiger charge is 2.05. The highest BCUT2D eigenvalue weighted by atomic mass is 32.2. The molecule has 1 aromatic carbocycles. The zero-order chi connectivity index (χ0) is 17.5. The van der Waals surface area contributed by atoms with E-state index < -0.39 is 0 Å². The van der Waals surface area contributed by atoms with Gasteiger partial charge in [0.25, 0.3) is 0 Å². The minimum Gasteiger partial charge on any atom is -0.363 e. The van der Waals surface area contributed by atoms with E-state index >= 15 is 0 Å². The average molecular weight is 343 g/mol. The number of hydrogen-bond acceptors (Lipinski definition) is 4. The molecule has 1 heterocycles. The minimum absolute atomic E-state index is 0.0321. The van der Waals surface area contributed by atoms with Crippen molar-refractivity contribution in [2.24, 2.45) is 0 Å². The summed E-state index contributed by atoms with van der Waals surface area (Å²) in [5, 5.41) is 2.93. The van der Waals surface area contributed by atoms with Gasteiger partial charge in [-0.25, -0.2) is 4.98 Å². The Bertz CT molecular complexity index is 594. The molecule has 0 spiro atoms. The second-order valence-corrected chi connectivity index (χ2v) is 7.26. The Morgan fingerprint density at radius 2 is 1.88 bits per heavy atom. The Morgan fingerprint density at radius 1 is 1.17 bits per heavy atom. The first-order valence-corrected chi connectivity index (χ1v) is 9.06. The highest BCUT2D eigenvalue weighted by Crippen LogP contribution is 2.21. The molecule has 0 aliphatic carbocycles. The number of carbonyl (C=O) groups excluding carboxylic acids is 1. The highest BCUT2D eigenvalue weighted by molar-refractivity contribution is 8.00. The Labute approximate surface area is 148 Å². The maximum Gasteiger partial charge on any atom is 0.230 e. The van der Waals surface area contributed by atoms with Crippen LogP contribution in [0.15, 0.2) is 47.5 Å². The number of aromatic nitrogens is 1. The minimum atomic E-state index is 0.0321. The number of thioether (sulfide) groups is 1. The molecule has 1 N–H and O–H groups in total. The third kappa shape index (κ3) is 5.57. The van der Waals surface area contributed by atoms with Gasteiger partial charge in [0.15, 0.2) is 0 Å². The average Bonchev–Trinajstić information content (AvgIpc) is 2.58. The lowest BCUT2D eigenvalue weighted by Crippen LogP contribution is -2.24. The predicted molar refractivity (Wildman–Crippen MR) is 102 cm³/mol. The van der Waals surface area contributed by atoms with Crippen LogP contribution in [0.5, 0.6) is 0 Å². The molecule has 5 heteroatoms. The Kier molecular flexibility index (Phi) is 6.67. The van der Waals surface area contributed by atoms with Crippen molar-refractivity contribution < 1.29 is 4.79 Å². The summed E-state index contributed by atoms with van der Waals surface area (Å²) < 4.78 is 0. The monoisotopic (exact) mass is 343 g/mol. The van der Waals surface area contributed by atoms with Crippen LogP contribution in [-0.4, -0.2) is 30.7 Å². The third-order valence-corrected chi connectivity index (χ3v) is 4.69. The number of amides is 1. The summed E-state index contributed by atoms with van der Waals surface area (Å²) in [5.74, 6) is 1.89. The molecule has 24 heavy (non-hydrogen) atoms. The molecule has 0 atom stereocenters. The number of pyridine rings is 1. The van der Waals surface area contributed by atoms with Crippen molar-refractivity contribution in [3.05, 3.63) is 53.7 Å². The maximum absolute atomic E-state index is 12.0. The number of anilines is 1. The van der Waals surface area contributed by atoms with Gasteiger partial charge in [-0.15, -0.1) is 11.8 Å². The molecule has 0 bridgehead atoms. The fourth-order valence-corrected chi connectivity index (χ4v) is 2.86. The lowest BCUT2D eigenvalue weighted by Gasteiger charge is -2.11. The van der Waals surface area contributed by atoms with E-state index in [0.717, 1.165) is 16.3 Å². The molecule has 0 aliphatic heterocycles. The molecule has 0 saturated carbocycles. The van der Waals surface area contributed by atoms with Gasteiger partial charge in [-0.1, -0.05) is 32.0 Å². The lowest BCUT2D eigenvalue weighted by molar-refractivity contribution is -0.118. The molecule has 2 rings (SSSR count). The molecule has 0 fully saturated rings. The summed E-state index contributed by atoms with van der Waals surface area (Å²) >= 11 is 1.56. The molecule has 0 radical (unpaired) electrons. The quantitative estimate of drug-likeness (QED) is 0.779. The van der Waals surface area contributed by atoms with Gasteiger partial charge in [-0.3, -0.25) is 4.79 Å². The first-order valence-electron chi connectivity index (χ1n) is 8.07. The van der Waals surface area contributed by atoms with Crippen LogP contribution in [0.25, 0.3) is 0 Å². The van der Waals surface area contributed by atoms with E-state index in [4.69, 9.17) is 0 Å². The molecular weight excluding hydrogens is 318 g/mol. The standard InChI is InChI=1S/C19H25N3OS/c1-14(2)16-6-8-17(9-7-16)24-13-19(23)21-12-15-5-10-18(20-11-15)22(3)4/h5-11,14H,12-13H2,1-4H3,(H,21,23). The molecule has 0 aliphatic rings. The first kappa shape index (κ1) is 18.3. The summed E-state index contributed by atoms with van der Waals surface area (Å²) in [6.07, 6.45) is 1.80. The van der Waals surface area contributed by atoms with Crippen LogP contribution in [0.3, 0.4) is 0 Å². The van der Waals surface area contributed by atoms with E-state index in [1.807, 2.05) is 31.1 Å². The molecular formula is C19H25N3OS. The van der Waals surface area contributed by atoms with E-state index in [1.54, 1.807) is 18.0 Å². The zero-order valence-electron chi connectivity index (χ0n) is 14.7. The van der Waals surface area contributed by atoms with Gasteiger partial charge in [0, 0.05) is 31.7 Å². The van der Waals surface area contributed by atoms with E-state index in [-0.39, 0.29) is 5.91 Å². The van der Waals surface area contributed by atoms with Crippen molar-refractivity contribution in [1.82, 2.24) is 10.3 Å². The van der Waals surface area contributed by atoms with Crippen molar-refractivity contribution >= 4 is 23.5 Å². The number of rotatable bonds is 7. The SMILES string of the molecule is CC(C)c1ccc(SCC(=O)NCc2ccc(N(C)C)nc2)cc1. The fourth-order valence-electron chi connectivity index (χ4n) is 2.14. The van der Waals surface area contributed by atoms with E-state index in [1.165, 1.54) is 5.56 Å². The van der Waals surface area contributed by atoms with Crippen LogP contribution in [0, 0.1) is 0 Å².